The Hall–Kier alpha value is -2.73. The van der Waals surface area contributed by atoms with E-state index < -0.39 is 0 Å². The zero-order chi connectivity index (χ0) is 15.1. The lowest BCUT2D eigenvalue weighted by atomic mass is 10.1. The molecule has 0 bridgehead atoms. The van der Waals surface area contributed by atoms with Crippen LogP contribution in [0.4, 0.5) is 5.69 Å². The van der Waals surface area contributed by atoms with Crippen molar-refractivity contribution in [1.29, 1.82) is 0 Å². The van der Waals surface area contributed by atoms with E-state index in [9.17, 15) is 0 Å². The van der Waals surface area contributed by atoms with E-state index in [-0.39, 0.29) is 0 Å². The van der Waals surface area contributed by atoms with Crippen molar-refractivity contribution >= 4 is 27.2 Å². The summed E-state index contributed by atoms with van der Waals surface area (Å²) in [6.07, 6.45) is 5.23. The second-order valence-corrected chi connectivity index (χ2v) is 6.10. The molecule has 0 amide bonds. The van der Waals surface area contributed by atoms with E-state index in [1.807, 2.05) is 48.4 Å². The van der Waals surface area contributed by atoms with Crippen molar-refractivity contribution in [1.82, 2.24) is 19.5 Å². The van der Waals surface area contributed by atoms with E-state index in [0.717, 1.165) is 37.7 Å². The summed E-state index contributed by atoms with van der Waals surface area (Å²) in [5.41, 5.74) is 9.64. The van der Waals surface area contributed by atoms with Crippen LogP contribution in [0.15, 0.2) is 49.2 Å². The number of fused-ring (bicyclic) bond motifs is 1. The SMILES string of the molecule is Cn1cnc(-c2cccc(N)c2)c1-c1cc2cncnc2s1. The largest absolute Gasteiger partial charge is 0.399 e. The van der Waals surface area contributed by atoms with Crippen molar-refractivity contribution in [2.75, 3.05) is 5.73 Å². The van der Waals surface area contributed by atoms with Gasteiger partial charge < -0.3 is 10.3 Å². The molecular weight excluding hydrogens is 294 g/mol. The van der Waals surface area contributed by atoms with Crippen LogP contribution in [-0.2, 0) is 7.05 Å². The van der Waals surface area contributed by atoms with Crippen LogP contribution in [-0.4, -0.2) is 19.5 Å². The summed E-state index contributed by atoms with van der Waals surface area (Å²) in [6.45, 7) is 0. The Morgan fingerprint density at radius 2 is 2.09 bits per heavy atom. The van der Waals surface area contributed by atoms with Crippen molar-refractivity contribution in [3.63, 3.8) is 0 Å². The van der Waals surface area contributed by atoms with Crippen LogP contribution < -0.4 is 5.73 Å². The predicted molar refractivity (Wildman–Crippen MR) is 89.5 cm³/mol. The van der Waals surface area contributed by atoms with E-state index in [0.29, 0.717) is 0 Å². The molecule has 2 N–H and O–H groups in total. The Balaban J connectivity index is 1.93. The van der Waals surface area contributed by atoms with Crippen molar-refractivity contribution in [2.24, 2.45) is 7.05 Å². The van der Waals surface area contributed by atoms with Crippen LogP contribution >= 0.6 is 11.3 Å². The second-order valence-electron chi connectivity index (χ2n) is 5.07. The molecule has 0 radical (unpaired) electrons. The second kappa shape index (κ2) is 4.92. The van der Waals surface area contributed by atoms with Crippen LogP contribution in [0.25, 0.3) is 32.0 Å². The number of hydrogen-bond donors (Lipinski definition) is 1. The molecule has 4 rings (SSSR count). The minimum Gasteiger partial charge on any atom is -0.399 e. The van der Waals surface area contributed by atoms with Gasteiger partial charge in [-0.05, 0) is 18.2 Å². The lowest BCUT2D eigenvalue weighted by Crippen LogP contribution is -1.90. The number of benzene rings is 1. The first kappa shape index (κ1) is 13.0. The van der Waals surface area contributed by atoms with Crippen molar-refractivity contribution in [3.05, 3.63) is 49.2 Å². The number of imidazole rings is 1. The number of thiophene rings is 1. The normalized spacial score (nSPS) is 11.1. The number of nitrogens with zero attached hydrogens (tertiary/aromatic N) is 4. The molecule has 4 aromatic rings. The molecule has 3 heterocycles. The molecule has 0 unspecified atom stereocenters. The molecule has 0 saturated heterocycles. The molecule has 0 saturated carbocycles. The fourth-order valence-electron chi connectivity index (χ4n) is 2.52. The highest BCUT2D eigenvalue weighted by Crippen LogP contribution is 2.37. The maximum absolute atomic E-state index is 5.90. The fraction of sp³-hybridized carbons (Fsp3) is 0.0625. The average Bonchev–Trinajstić information content (AvgIpc) is 3.10. The number of aryl methyl sites for hydroxylation is 1. The number of hydrogen-bond acceptors (Lipinski definition) is 5. The highest BCUT2D eigenvalue weighted by Gasteiger charge is 2.16. The first-order valence-electron chi connectivity index (χ1n) is 6.79. The molecule has 0 fully saturated rings. The molecule has 0 aliphatic carbocycles. The average molecular weight is 307 g/mol. The van der Waals surface area contributed by atoms with Gasteiger partial charge in [0.15, 0.2) is 0 Å². The van der Waals surface area contributed by atoms with Gasteiger partial charge in [0.1, 0.15) is 11.2 Å². The zero-order valence-electron chi connectivity index (χ0n) is 11.9. The Bertz CT molecular complexity index is 937. The first-order chi connectivity index (χ1) is 10.7. The molecular formula is C16H13N5S. The molecule has 0 spiro atoms. The van der Waals surface area contributed by atoms with Gasteiger partial charge in [-0.1, -0.05) is 12.1 Å². The summed E-state index contributed by atoms with van der Waals surface area (Å²) in [5.74, 6) is 0. The molecule has 0 atom stereocenters. The molecule has 22 heavy (non-hydrogen) atoms. The smallest absolute Gasteiger partial charge is 0.127 e. The van der Waals surface area contributed by atoms with Crippen LogP contribution in [0.3, 0.4) is 0 Å². The Morgan fingerprint density at radius 1 is 1.18 bits per heavy atom. The highest BCUT2D eigenvalue weighted by molar-refractivity contribution is 7.21. The summed E-state index contributed by atoms with van der Waals surface area (Å²) >= 11 is 1.64. The van der Waals surface area contributed by atoms with Gasteiger partial charge in [-0.3, -0.25) is 0 Å². The molecule has 6 heteroatoms. The summed E-state index contributed by atoms with van der Waals surface area (Å²) in [5, 5.41) is 1.04. The molecule has 5 nitrogen and oxygen atoms in total. The third-order valence-electron chi connectivity index (χ3n) is 3.53. The number of nitrogens with two attached hydrogens (primary N) is 1. The first-order valence-corrected chi connectivity index (χ1v) is 7.61. The third kappa shape index (κ3) is 2.05. The summed E-state index contributed by atoms with van der Waals surface area (Å²) in [4.78, 5) is 15.0. The van der Waals surface area contributed by atoms with E-state index in [1.54, 1.807) is 17.7 Å². The Kier molecular flexibility index (Phi) is 2.90. The van der Waals surface area contributed by atoms with Gasteiger partial charge in [0, 0.05) is 29.9 Å². The highest BCUT2D eigenvalue weighted by atomic mass is 32.1. The molecule has 0 aliphatic heterocycles. The van der Waals surface area contributed by atoms with Gasteiger partial charge in [-0.15, -0.1) is 11.3 Å². The van der Waals surface area contributed by atoms with Crippen molar-refractivity contribution in [3.8, 4) is 21.8 Å². The topological polar surface area (TPSA) is 69.6 Å². The van der Waals surface area contributed by atoms with Crippen molar-refractivity contribution < 1.29 is 0 Å². The molecule has 3 aromatic heterocycles. The summed E-state index contributed by atoms with van der Waals surface area (Å²) in [7, 11) is 1.99. The summed E-state index contributed by atoms with van der Waals surface area (Å²) in [6, 6.07) is 9.89. The van der Waals surface area contributed by atoms with Gasteiger partial charge in [0.05, 0.1) is 22.6 Å². The maximum atomic E-state index is 5.90. The zero-order valence-corrected chi connectivity index (χ0v) is 12.7. The van der Waals surface area contributed by atoms with E-state index in [1.165, 1.54) is 0 Å². The maximum Gasteiger partial charge on any atom is 0.127 e. The third-order valence-corrected chi connectivity index (χ3v) is 4.59. The Morgan fingerprint density at radius 3 is 2.91 bits per heavy atom. The van der Waals surface area contributed by atoms with E-state index in [2.05, 4.69) is 21.0 Å². The predicted octanol–water partition coefficient (Wildman–Crippen LogP) is 3.34. The lowest BCUT2D eigenvalue weighted by molar-refractivity contribution is 0.923. The van der Waals surface area contributed by atoms with Gasteiger partial charge in [-0.25, -0.2) is 15.0 Å². The van der Waals surface area contributed by atoms with Gasteiger partial charge in [0.2, 0.25) is 0 Å². The Labute approximate surface area is 131 Å². The minimum absolute atomic E-state index is 0.733. The molecule has 108 valence electrons. The molecule has 1 aromatic carbocycles. The van der Waals surface area contributed by atoms with Crippen LogP contribution in [0.2, 0.25) is 0 Å². The lowest BCUT2D eigenvalue weighted by Gasteiger charge is -2.04. The number of anilines is 1. The molecule has 0 aliphatic rings. The van der Waals surface area contributed by atoms with Crippen molar-refractivity contribution in [2.45, 2.75) is 0 Å². The number of nitrogen functional groups attached to an aromatic ring is 1. The van der Waals surface area contributed by atoms with Gasteiger partial charge in [0.25, 0.3) is 0 Å². The van der Waals surface area contributed by atoms with Gasteiger partial charge in [-0.2, -0.15) is 0 Å². The van der Waals surface area contributed by atoms with E-state index >= 15 is 0 Å². The van der Waals surface area contributed by atoms with Gasteiger partial charge >= 0.3 is 0 Å². The van der Waals surface area contributed by atoms with E-state index in [4.69, 9.17) is 5.73 Å². The minimum atomic E-state index is 0.733. The number of rotatable bonds is 2. The van der Waals surface area contributed by atoms with Crippen LogP contribution in [0.1, 0.15) is 0 Å². The number of aromatic nitrogens is 4. The standard InChI is InChI=1S/C16H13N5S/c1-21-9-20-14(10-3-2-4-12(17)5-10)15(21)13-6-11-7-18-8-19-16(11)22-13/h2-9H,17H2,1H3. The fourth-order valence-corrected chi connectivity index (χ4v) is 3.58. The summed E-state index contributed by atoms with van der Waals surface area (Å²) < 4.78 is 2.02. The van der Waals surface area contributed by atoms with Crippen LogP contribution in [0.5, 0.6) is 0 Å². The quantitative estimate of drug-likeness (QED) is 0.577. The monoisotopic (exact) mass is 307 g/mol. The van der Waals surface area contributed by atoms with Crippen LogP contribution in [0, 0.1) is 0 Å².